The molecule has 2 rings (SSSR count). The second-order valence-electron chi connectivity index (χ2n) is 4.37. The Labute approximate surface area is 129 Å². The van der Waals surface area contributed by atoms with Gasteiger partial charge in [-0.3, -0.25) is 4.57 Å². The van der Waals surface area contributed by atoms with Crippen LogP contribution in [0.4, 0.5) is 5.69 Å². The summed E-state index contributed by atoms with van der Waals surface area (Å²) in [5.74, 6) is -0.618. The van der Waals surface area contributed by atoms with Gasteiger partial charge in [-0.05, 0) is 23.8 Å². The van der Waals surface area contributed by atoms with E-state index < -0.39 is 13.4 Å². The van der Waals surface area contributed by atoms with Crippen LogP contribution in [0.5, 0.6) is 0 Å². The van der Waals surface area contributed by atoms with E-state index in [-0.39, 0.29) is 0 Å². The quantitative estimate of drug-likeness (QED) is 0.764. The molecular weight excluding hydrogens is 309 g/mol. The highest BCUT2D eigenvalue weighted by molar-refractivity contribution is 7.54. The Kier molecular flexibility index (Phi) is 5.43. The third kappa shape index (κ3) is 3.86. The predicted octanol–water partition coefficient (Wildman–Crippen LogP) is 4.94. The molecular formula is C15H17ClNO3P. The molecule has 0 saturated heterocycles. The third-order valence-electron chi connectivity index (χ3n) is 3.07. The maximum atomic E-state index is 12.8. The van der Waals surface area contributed by atoms with Gasteiger partial charge >= 0.3 is 7.60 Å². The van der Waals surface area contributed by atoms with Crippen LogP contribution in [-0.2, 0) is 13.6 Å². The standard InChI is InChI=1S/C15H17ClNO3P/c1-19-21(18,20-2)15(12-7-4-3-5-8-12)17-14-10-6-9-13(16)11-14/h3-11,15,17H,1-2H3. The van der Waals surface area contributed by atoms with Crippen molar-refractivity contribution >= 4 is 24.9 Å². The van der Waals surface area contributed by atoms with E-state index in [0.717, 1.165) is 11.3 Å². The maximum absolute atomic E-state index is 12.8. The summed E-state index contributed by atoms with van der Waals surface area (Å²) in [6.45, 7) is 0. The van der Waals surface area contributed by atoms with Crippen LogP contribution < -0.4 is 5.32 Å². The molecule has 6 heteroatoms. The van der Waals surface area contributed by atoms with E-state index in [0.29, 0.717) is 5.02 Å². The van der Waals surface area contributed by atoms with Crippen molar-refractivity contribution in [2.75, 3.05) is 19.5 Å². The summed E-state index contributed by atoms with van der Waals surface area (Å²) in [5.41, 5.74) is 1.55. The van der Waals surface area contributed by atoms with Crippen LogP contribution in [0, 0.1) is 0 Å². The number of anilines is 1. The summed E-state index contributed by atoms with van der Waals surface area (Å²) >= 11 is 5.98. The summed E-state index contributed by atoms with van der Waals surface area (Å²) in [4.78, 5) is 0. The fourth-order valence-corrected chi connectivity index (χ4v) is 3.61. The van der Waals surface area contributed by atoms with E-state index in [1.165, 1.54) is 14.2 Å². The van der Waals surface area contributed by atoms with Crippen LogP contribution in [0.1, 0.15) is 11.3 Å². The van der Waals surface area contributed by atoms with E-state index in [2.05, 4.69) is 5.32 Å². The molecule has 0 fully saturated rings. The van der Waals surface area contributed by atoms with Crippen LogP contribution >= 0.6 is 19.2 Å². The molecule has 0 aromatic heterocycles. The fraction of sp³-hybridized carbons (Fsp3) is 0.200. The van der Waals surface area contributed by atoms with Gasteiger partial charge in [0.25, 0.3) is 0 Å². The zero-order chi connectivity index (χ0) is 15.3. The van der Waals surface area contributed by atoms with Crippen molar-refractivity contribution in [3.63, 3.8) is 0 Å². The van der Waals surface area contributed by atoms with Crippen LogP contribution in [0.2, 0.25) is 5.02 Å². The second kappa shape index (κ2) is 7.10. The van der Waals surface area contributed by atoms with Gasteiger partial charge in [-0.25, -0.2) is 0 Å². The lowest BCUT2D eigenvalue weighted by molar-refractivity contribution is 0.268. The van der Waals surface area contributed by atoms with Gasteiger partial charge in [0.05, 0.1) is 0 Å². The summed E-state index contributed by atoms with van der Waals surface area (Å²) < 4.78 is 23.1. The predicted molar refractivity (Wildman–Crippen MR) is 85.9 cm³/mol. The molecule has 2 aromatic rings. The summed E-state index contributed by atoms with van der Waals surface area (Å²) in [7, 11) is -0.598. The van der Waals surface area contributed by atoms with Crippen molar-refractivity contribution in [3.05, 3.63) is 65.2 Å². The smallest absolute Gasteiger partial charge is 0.356 e. The lowest BCUT2D eigenvalue weighted by atomic mass is 10.2. The van der Waals surface area contributed by atoms with E-state index in [4.69, 9.17) is 20.6 Å². The fourth-order valence-electron chi connectivity index (χ4n) is 2.00. The Morgan fingerprint density at radius 3 is 2.29 bits per heavy atom. The monoisotopic (exact) mass is 325 g/mol. The second-order valence-corrected chi connectivity index (χ2v) is 7.14. The zero-order valence-electron chi connectivity index (χ0n) is 11.8. The molecule has 1 unspecified atom stereocenters. The minimum absolute atomic E-state index is 0.594. The average molecular weight is 326 g/mol. The molecule has 0 bridgehead atoms. The van der Waals surface area contributed by atoms with Gasteiger partial charge in [-0.1, -0.05) is 48.0 Å². The van der Waals surface area contributed by atoms with E-state index in [1.54, 1.807) is 12.1 Å². The molecule has 0 radical (unpaired) electrons. The Morgan fingerprint density at radius 1 is 1.05 bits per heavy atom. The van der Waals surface area contributed by atoms with Crippen molar-refractivity contribution in [1.29, 1.82) is 0 Å². The Bertz CT molecular complexity index is 628. The SMILES string of the molecule is COP(=O)(OC)C(Nc1cccc(Cl)c1)c1ccccc1. The highest BCUT2D eigenvalue weighted by atomic mass is 35.5. The minimum Gasteiger partial charge on any atom is -0.368 e. The van der Waals surface area contributed by atoms with Crippen molar-refractivity contribution in [3.8, 4) is 0 Å². The van der Waals surface area contributed by atoms with E-state index >= 15 is 0 Å². The molecule has 0 aliphatic rings. The Balaban J connectivity index is 2.39. The number of hydrogen-bond donors (Lipinski definition) is 1. The van der Waals surface area contributed by atoms with Gasteiger partial charge < -0.3 is 14.4 Å². The normalized spacial score (nSPS) is 12.9. The van der Waals surface area contributed by atoms with Gasteiger partial charge in [0.2, 0.25) is 0 Å². The third-order valence-corrected chi connectivity index (χ3v) is 5.38. The van der Waals surface area contributed by atoms with Crippen LogP contribution in [0.15, 0.2) is 54.6 Å². The minimum atomic E-state index is -3.35. The first kappa shape index (κ1) is 16.1. The molecule has 0 heterocycles. The first-order chi connectivity index (χ1) is 10.1. The highest BCUT2D eigenvalue weighted by Crippen LogP contribution is 2.59. The molecule has 21 heavy (non-hydrogen) atoms. The molecule has 0 spiro atoms. The van der Waals surface area contributed by atoms with E-state index in [1.807, 2.05) is 42.5 Å². The van der Waals surface area contributed by atoms with Crippen molar-refractivity contribution in [2.24, 2.45) is 0 Å². The van der Waals surface area contributed by atoms with Gasteiger partial charge in [0.1, 0.15) is 0 Å². The molecule has 0 aliphatic heterocycles. The van der Waals surface area contributed by atoms with Crippen molar-refractivity contribution in [2.45, 2.75) is 5.78 Å². The zero-order valence-corrected chi connectivity index (χ0v) is 13.5. The molecule has 0 saturated carbocycles. The van der Waals surface area contributed by atoms with Gasteiger partial charge in [-0.15, -0.1) is 0 Å². The molecule has 0 amide bonds. The molecule has 112 valence electrons. The molecule has 1 N–H and O–H groups in total. The number of benzene rings is 2. The van der Waals surface area contributed by atoms with Crippen LogP contribution in [0.25, 0.3) is 0 Å². The van der Waals surface area contributed by atoms with Gasteiger partial charge in [-0.2, -0.15) is 0 Å². The highest BCUT2D eigenvalue weighted by Gasteiger charge is 2.35. The molecule has 2 aromatic carbocycles. The number of rotatable bonds is 6. The summed E-state index contributed by atoms with van der Waals surface area (Å²) in [6.07, 6.45) is 0. The topological polar surface area (TPSA) is 47.6 Å². The van der Waals surface area contributed by atoms with E-state index in [9.17, 15) is 4.57 Å². The van der Waals surface area contributed by atoms with Crippen molar-refractivity contribution in [1.82, 2.24) is 0 Å². The largest absolute Gasteiger partial charge is 0.368 e. The molecule has 4 nitrogen and oxygen atoms in total. The van der Waals surface area contributed by atoms with Gasteiger partial charge in [0.15, 0.2) is 5.78 Å². The first-order valence-electron chi connectivity index (χ1n) is 6.37. The molecule has 1 atom stereocenters. The number of hydrogen-bond acceptors (Lipinski definition) is 4. The lowest BCUT2D eigenvalue weighted by Crippen LogP contribution is -2.13. The maximum Gasteiger partial charge on any atom is 0.356 e. The Hall–Kier alpha value is -1.32. The number of halogens is 1. The van der Waals surface area contributed by atoms with Crippen LogP contribution in [-0.4, -0.2) is 14.2 Å². The summed E-state index contributed by atoms with van der Waals surface area (Å²) in [5, 5.41) is 3.77. The average Bonchev–Trinajstić information content (AvgIpc) is 2.53. The van der Waals surface area contributed by atoms with Crippen LogP contribution in [0.3, 0.4) is 0 Å². The van der Waals surface area contributed by atoms with Crippen molar-refractivity contribution < 1.29 is 13.6 Å². The lowest BCUT2D eigenvalue weighted by Gasteiger charge is -2.26. The number of nitrogens with one attached hydrogen (secondary N) is 1. The molecule has 0 aliphatic carbocycles. The summed E-state index contributed by atoms with van der Waals surface area (Å²) in [6, 6.07) is 16.6. The first-order valence-corrected chi connectivity index (χ1v) is 8.36. The Morgan fingerprint density at radius 2 is 1.71 bits per heavy atom. The van der Waals surface area contributed by atoms with Gasteiger partial charge in [0, 0.05) is 24.9 Å².